The van der Waals surface area contributed by atoms with Crippen molar-refractivity contribution in [3.05, 3.63) is 77.7 Å². The van der Waals surface area contributed by atoms with Crippen LogP contribution >= 0.6 is 0 Å². The van der Waals surface area contributed by atoms with E-state index in [9.17, 15) is 14.0 Å². The van der Waals surface area contributed by atoms with E-state index in [1.807, 2.05) is 0 Å². The van der Waals surface area contributed by atoms with Gasteiger partial charge in [0.1, 0.15) is 29.9 Å². The summed E-state index contributed by atoms with van der Waals surface area (Å²) >= 11 is 0. The smallest absolute Gasteiger partial charge is 0.247 e. The predicted molar refractivity (Wildman–Crippen MR) is 131 cm³/mol. The molecule has 0 unspecified atom stereocenters. The Labute approximate surface area is 217 Å². The second kappa shape index (κ2) is 11.4. The van der Waals surface area contributed by atoms with E-state index in [4.69, 9.17) is 13.6 Å². The summed E-state index contributed by atoms with van der Waals surface area (Å²) < 4.78 is 30.4. The zero-order valence-corrected chi connectivity index (χ0v) is 20.7. The Balaban J connectivity index is 1.42. The van der Waals surface area contributed by atoms with Crippen molar-refractivity contribution < 1.29 is 27.6 Å². The Morgan fingerprint density at radius 3 is 2.74 bits per heavy atom. The van der Waals surface area contributed by atoms with Crippen LogP contribution in [0.3, 0.4) is 0 Å². The third kappa shape index (κ3) is 5.97. The van der Waals surface area contributed by atoms with Gasteiger partial charge >= 0.3 is 0 Å². The number of aromatic nitrogens is 4. The molecular formula is C26H27FN6O5. The zero-order chi connectivity index (χ0) is 26.5. The summed E-state index contributed by atoms with van der Waals surface area (Å²) in [6.45, 7) is 2.43. The molecule has 0 aliphatic carbocycles. The van der Waals surface area contributed by atoms with Gasteiger partial charge in [0.2, 0.25) is 17.6 Å². The van der Waals surface area contributed by atoms with Gasteiger partial charge in [-0.25, -0.2) is 4.39 Å². The number of benzene rings is 1. The van der Waals surface area contributed by atoms with Crippen LogP contribution in [-0.4, -0.2) is 56.2 Å². The van der Waals surface area contributed by atoms with Crippen LogP contribution in [0.2, 0.25) is 0 Å². The molecule has 1 aliphatic heterocycles. The van der Waals surface area contributed by atoms with Crippen LogP contribution in [0.25, 0.3) is 11.6 Å². The van der Waals surface area contributed by atoms with Gasteiger partial charge in [-0.05, 0) is 66.9 Å². The number of nitrogens with one attached hydrogen (secondary N) is 1. The minimum absolute atomic E-state index is 0.0137. The summed E-state index contributed by atoms with van der Waals surface area (Å²) in [5.74, 6) is 0.458. The lowest BCUT2D eigenvalue weighted by Gasteiger charge is -2.31. The number of aryl methyl sites for hydroxylation is 1. The molecular weight excluding hydrogens is 495 g/mol. The Bertz CT molecular complexity index is 1360. The average Bonchev–Trinajstić information content (AvgIpc) is 3.72. The zero-order valence-electron chi connectivity index (χ0n) is 20.7. The lowest BCUT2D eigenvalue weighted by molar-refractivity contribution is -0.142. The monoisotopic (exact) mass is 522 g/mol. The highest BCUT2D eigenvalue weighted by Crippen LogP contribution is 2.25. The fourth-order valence-electron chi connectivity index (χ4n) is 4.30. The minimum Gasteiger partial charge on any atom is -0.467 e. The first-order valence-corrected chi connectivity index (χ1v) is 12.3. The predicted octanol–water partition coefficient (Wildman–Crippen LogP) is 3.04. The fraction of sp³-hybridized carbons (Fsp3) is 0.346. The van der Waals surface area contributed by atoms with E-state index < -0.39 is 23.7 Å². The van der Waals surface area contributed by atoms with E-state index in [-0.39, 0.29) is 25.0 Å². The number of rotatable bonds is 10. The average molecular weight is 523 g/mol. The summed E-state index contributed by atoms with van der Waals surface area (Å²) in [5, 5.41) is 15.1. The molecule has 3 aromatic heterocycles. The van der Waals surface area contributed by atoms with Crippen molar-refractivity contribution in [1.29, 1.82) is 0 Å². The van der Waals surface area contributed by atoms with Gasteiger partial charge in [-0.2, -0.15) is 4.80 Å². The van der Waals surface area contributed by atoms with Crippen LogP contribution in [0.1, 0.15) is 36.0 Å². The number of hydrogen-bond donors (Lipinski definition) is 1. The normalized spacial score (nSPS) is 15.9. The number of hydrogen-bond acceptors (Lipinski definition) is 8. The van der Waals surface area contributed by atoms with Gasteiger partial charge in [0.05, 0.1) is 18.9 Å². The quantitative estimate of drug-likeness (QED) is 0.337. The number of amides is 2. The van der Waals surface area contributed by atoms with E-state index >= 15 is 0 Å². The molecule has 4 heterocycles. The third-order valence-corrected chi connectivity index (χ3v) is 6.19. The molecule has 1 aromatic carbocycles. The van der Waals surface area contributed by atoms with Crippen molar-refractivity contribution in [2.75, 3.05) is 13.2 Å². The van der Waals surface area contributed by atoms with E-state index in [1.165, 1.54) is 35.4 Å². The van der Waals surface area contributed by atoms with Gasteiger partial charge in [0.15, 0.2) is 5.76 Å². The number of furan rings is 2. The van der Waals surface area contributed by atoms with E-state index in [2.05, 4.69) is 20.7 Å². The van der Waals surface area contributed by atoms with Crippen LogP contribution in [-0.2, 0) is 27.4 Å². The molecule has 2 atom stereocenters. The van der Waals surface area contributed by atoms with Gasteiger partial charge in [-0.15, -0.1) is 10.2 Å². The highest BCUT2D eigenvalue weighted by atomic mass is 19.1. The molecule has 4 aromatic rings. The summed E-state index contributed by atoms with van der Waals surface area (Å²) in [4.78, 5) is 29.7. The molecule has 0 bridgehead atoms. The maximum absolute atomic E-state index is 13.8. The largest absolute Gasteiger partial charge is 0.467 e. The standard InChI is InChI=1S/C26H27FN6O5/c1-17-6-11-22(38-17)25-29-31-33(30-25)16-23(34)32(15-21-5-3-13-37-21)24(18-7-9-19(27)10-8-18)26(35)28-14-20-4-2-12-36-20/h3,5-11,13,20,24H,2,4,12,14-16H2,1H3,(H,28,35)/t20-,24+/m1/s1. The van der Waals surface area contributed by atoms with Crippen molar-refractivity contribution >= 4 is 11.8 Å². The molecule has 1 saturated heterocycles. The summed E-state index contributed by atoms with van der Waals surface area (Å²) in [5.41, 5.74) is 0.439. The maximum atomic E-state index is 13.8. The molecule has 1 N–H and O–H groups in total. The van der Waals surface area contributed by atoms with E-state index in [1.54, 1.807) is 31.2 Å². The molecule has 0 spiro atoms. The molecule has 1 aliphatic rings. The molecule has 11 nitrogen and oxygen atoms in total. The van der Waals surface area contributed by atoms with Gasteiger partial charge in [0.25, 0.3) is 0 Å². The lowest BCUT2D eigenvalue weighted by Crippen LogP contribution is -2.46. The number of halogens is 1. The first-order chi connectivity index (χ1) is 18.5. The summed E-state index contributed by atoms with van der Waals surface area (Å²) in [6, 6.07) is 11.3. The molecule has 0 saturated carbocycles. The Morgan fingerprint density at radius 2 is 2.05 bits per heavy atom. The molecule has 38 heavy (non-hydrogen) atoms. The Kier molecular flexibility index (Phi) is 7.59. The van der Waals surface area contributed by atoms with Gasteiger partial charge in [-0.1, -0.05) is 12.1 Å². The molecule has 12 heteroatoms. The first kappa shape index (κ1) is 25.3. The summed E-state index contributed by atoms with van der Waals surface area (Å²) in [6.07, 6.45) is 3.16. The van der Waals surface area contributed by atoms with Crippen molar-refractivity contribution in [2.45, 2.75) is 45.0 Å². The maximum Gasteiger partial charge on any atom is 0.247 e. The first-order valence-electron chi connectivity index (χ1n) is 12.3. The van der Waals surface area contributed by atoms with Gasteiger partial charge in [0, 0.05) is 13.2 Å². The molecule has 5 rings (SSSR count). The second-order valence-corrected chi connectivity index (χ2v) is 8.99. The van der Waals surface area contributed by atoms with Gasteiger partial charge in [-0.3, -0.25) is 9.59 Å². The van der Waals surface area contributed by atoms with Crippen molar-refractivity contribution in [2.24, 2.45) is 0 Å². The number of carbonyl (C=O) groups is 2. The minimum atomic E-state index is -1.08. The van der Waals surface area contributed by atoms with E-state index in [0.29, 0.717) is 36.0 Å². The van der Waals surface area contributed by atoms with Gasteiger partial charge < -0.3 is 23.8 Å². The molecule has 0 radical (unpaired) electrons. The Hall–Kier alpha value is -4.32. The van der Waals surface area contributed by atoms with Crippen LogP contribution in [0.5, 0.6) is 0 Å². The Morgan fingerprint density at radius 1 is 1.21 bits per heavy atom. The fourth-order valence-corrected chi connectivity index (χ4v) is 4.30. The lowest BCUT2D eigenvalue weighted by atomic mass is 10.0. The van der Waals surface area contributed by atoms with E-state index in [0.717, 1.165) is 17.6 Å². The number of tetrazole rings is 1. The highest BCUT2D eigenvalue weighted by molar-refractivity contribution is 5.88. The topological polar surface area (TPSA) is 129 Å². The molecule has 2 amide bonds. The highest BCUT2D eigenvalue weighted by Gasteiger charge is 2.33. The van der Waals surface area contributed by atoms with Crippen LogP contribution in [0.4, 0.5) is 4.39 Å². The number of ether oxygens (including phenoxy) is 1. The van der Waals surface area contributed by atoms with Crippen LogP contribution in [0.15, 0.2) is 63.6 Å². The number of carbonyl (C=O) groups excluding carboxylic acids is 2. The van der Waals surface area contributed by atoms with Crippen molar-refractivity contribution in [3.8, 4) is 11.6 Å². The summed E-state index contributed by atoms with van der Waals surface area (Å²) in [7, 11) is 0. The van der Waals surface area contributed by atoms with Crippen LogP contribution in [0, 0.1) is 12.7 Å². The molecule has 1 fully saturated rings. The second-order valence-electron chi connectivity index (χ2n) is 8.99. The SMILES string of the molecule is Cc1ccc(-c2nnn(CC(=O)N(Cc3ccco3)[C@H](C(=O)NC[C@H]3CCCO3)c3ccc(F)cc3)n2)o1. The third-order valence-electron chi connectivity index (χ3n) is 6.19. The van der Waals surface area contributed by atoms with Crippen molar-refractivity contribution in [1.82, 2.24) is 30.4 Å². The number of nitrogens with zero attached hydrogens (tertiary/aromatic N) is 5. The van der Waals surface area contributed by atoms with Crippen molar-refractivity contribution in [3.63, 3.8) is 0 Å². The molecule has 198 valence electrons. The van der Waals surface area contributed by atoms with Crippen LogP contribution < -0.4 is 5.32 Å².